The lowest BCUT2D eigenvalue weighted by atomic mass is 9.86. The van der Waals surface area contributed by atoms with Gasteiger partial charge in [-0.2, -0.15) is 0 Å². The fraction of sp³-hybridized carbons (Fsp3) is 0.333. The lowest BCUT2D eigenvalue weighted by Crippen LogP contribution is -2.16. The molecule has 0 saturated heterocycles. The van der Waals surface area contributed by atoms with Crippen LogP contribution in [0.15, 0.2) is 29.1 Å². The van der Waals surface area contributed by atoms with E-state index in [0.29, 0.717) is 0 Å². The van der Waals surface area contributed by atoms with Crippen molar-refractivity contribution in [3.05, 3.63) is 45.7 Å². The lowest BCUT2D eigenvalue weighted by Gasteiger charge is -2.19. The number of H-pyrrole nitrogens is 1. The molecule has 1 heterocycles. The molecule has 0 aliphatic heterocycles. The van der Waals surface area contributed by atoms with E-state index in [1.807, 2.05) is 18.2 Å². The molecule has 2 N–H and O–H groups in total. The van der Waals surface area contributed by atoms with Gasteiger partial charge in [-0.1, -0.05) is 26.8 Å². The maximum atomic E-state index is 11.7. The molecule has 0 unspecified atom stereocenters. The van der Waals surface area contributed by atoms with Crippen molar-refractivity contribution < 1.29 is 9.90 Å². The van der Waals surface area contributed by atoms with Crippen LogP contribution < -0.4 is 5.56 Å². The van der Waals surface area contributed by atoms with Gasteiger partial charge in [-0.15, -0.1) is 0 Å². The molecule has 4 nitrogen and oxygen atoms in total. The number of hydrogen-bond acceptors (Lipinski definition) is 2. The third-order valence-electron chi connectivity index (χ3n) is 3.13. The second-order valence-electron chi connectivity index (χ2n) is 5.75. The number of aliphatic carboxylic acids is 1. The van der Waals surface area contributed by atoms with Crippen LogP contribution in [-0.4, -0.2) is 16.1 Å². The van der Waals surface area contributed by atoms with E-state index < -0.39 is 5.97 Å². The summed E-state index contributed by atoms with van der Waals surface area (Å²) < 4.78 is 0. The van der Waals surface area contributed by atoms with Crippen LogP contribution in [0.5, 0.6) is 0 Å². The van der Waals surface area contributed by atoms with Gasteiger partial charge >= 0.3 is 5.97 Å². The number of carboxylic acids is 1. The summed E-state index contributed by atoms with van der Waals surface area (Å²) in [6.07, 6.45) is -0.259. The average molecular weight is 259 g/mol. The van der Waals surface area contributed by atoms with E-state index in [0.717, 1.165) is 16.5 Å². The molecule has 1 aromatic carbocycles. The van der Waals surface area contributed by atoms with E-state index in [-0.39, 0.29) is 23.0 Å². The summed E-state index contributed by atoms with van der Waals surface area (Å²) in [6, 6.07) is 7.51. The predicted molar refractivity (Wildman–Crippen MR) is 74.6 cm³/mol. The molecule has 0 aliphatic carbocycles. The summed E-state index contributed by atoms with van der Waals surface area (Å²) in [7, 11) is 0. The van der Waals surface area contributed by atoms with Crippen molar-refractivity contribution in [1.29, 1.82) is 0 Å². The molecule has 2 aromatic rings. The second-order valence-corrected chi connectivity index (χ2v) is 5.75. The van der Waals surface area contributed by atoms with Crippen molar-refractivity contribution in [1.82, 2.24) is 4.98 Å². The molecule has 2 rings (SSSR count). The monoisotopic (exact) mass is 259 g/mol. The van der Waals surface area contributed by atoms with Gasteiger partial charge in [-0.05, 0) is 34.6 Å². The van der Waals surface area contributed by atoms with Gasteiger partial charge in [0.15, 0.2) is 0 Å². The van der Waals surface area contributed by atoms with Crippen molar-refractivity contribution in [3.63, 3.8) is 0 Å². The van der Waals surface area contributed by atoms with Crippen LogP contribution >= 0.6 is 0 Å². The van der Waals surface area contributed by atoms with E-state index in [4.69, 9.17) is 5.11 Å². The number of aromatic nitrogens is 1. The number of carbonyl (C=O) groups is 1. The predicted octanol–water partition coefficient (Wildman–Crippen LogP) is 2.45. The normalized spacial score (nSPS) is 11.7. The van der Waals surface area contributed by atoms with Crippen LogP contribution in [-0.2, 0) is 16.6 Å². The molecule has 0 spiro atoms. The molecule has 0 fully saturated rings. The van der Waals surface area contributed by atoms with E-state index in [1.165, 1.54) is 0 Å². The zero-order valence-electron chi connectivity index (χ0n) is 11.3. The summed E-state index contributed by atoms with van der Waals surface area (Å²) in [6.45, 7) is 6.33. The van der Waals surface area contributed by atoms with Gasteiger partial charge in [0.1, 0.15) is 0 Å². The van der Waals surface area contributed by atoms with Crippen molar-refractivity contribution in [3.8, 4) is 0 Å². The molecular weight excluding hydrogens is 242 g/mol. The number of hydrogen-bond donors (Lipinski definition) is 2. The number of benzene rings is 1. The smallest absolute Gasteiger partial charge is 0.308 e. The van der Waals surface area contributed by atoms with Gasteiger partial charge in [0, 0.05) is 11.1 Å². The average Bonchev–Trinajstić information content (AvgIpc) is 2.27. The molecule has 1 aromatic heterocycles. The molecule has 0 bridgehead atoms. The molecule has 19 heavy (non-hydrogen) atoms. The van der Waals surface area contributed by atoms with E-state index >= 15 is 0 Å². The molecule has 0 saturated carbocycles. The topological polar surface area (TPSA) is 70.2 Å². The Labute approximate surface area is 111 Å². The van der Waals surface area contributed by atoms with Crippen LogP contribution in [0.3, 0.4) is 0 Å². The Kier molecular flexibility index (Phi) is 3.18. The minimum absolute atomic E-state index is 0.0112. The second kappa shape index (κ2) is 4.53. The van der Waals surface area contributed by atoms with Crippen LogP contribution in [0.2, 0.25) is 0 Å². The Morgan fingerprint density at radius 2 is 1.95 bits per heavy atom. The number of rotatable bonds is 2. The Balaban J connectivity index is 2.61. The highest BCUT2D eigenvalue weighted by molar-refractivity contribution is 5.81. The van der Waals surface area contributed by atoms with E-state index in [9.17, 15) is 9.59 Å². The summed E-state index contributed by atoms with van der Waals surface area (Å²) in [5.41, 5.74) is 1.84. The Morgan fingerprint density at radius 3 is 2.53 bits per heavy atom. The Morgan fingerprint density at radius 1 is 1.26 bits per heavy atom. The maximum absolute atomic E-state index is 11.7. The van der Waals surface area contributed by atoms with Gasteiger partial charge in [0.25, 0.3) is 5.56 Å². The number of pyridine rings is 1. The number of aromatic amines is 1. The zero-order valence-corrected chi connectivity index (χ0v) is 11.3. The van der Waals surface area contributed by atoms with Gasteiger partial charge in [0.05, 0.1) is 6.42 Å². The zero-order chi connectivity index (χ0) is 14.2. The largest absolute Gasteiger partial charge is 0.481 e. The Hall–Kier alpha value is -2.10. The fourth-order valence-electron chi connectivity index (χ4n) is 2.01. The number of fused-ring (bicyclic) bond motifs is 1. The Bertz CT molecular complexity index is 693. The molecule has 0 amide bonds. The van der Waals surface area contributed by atoms with Crippen LogP contribution in [0.1, 0.15) is 31.9 Å². The first-order valence-electron chi connectivity index (χ1n) is 6.15. The molecule has 100 valence electrons. The maximum Gasteiger partial charge on any atom is 0.308 e. The van der Waals surface area contributed by atoms with Gasteiger partial charge < -0.3 is 10.1 Å². The first kappa shape index (κ1) is 13.3. The van der Waals surface area contributed by atoms with Crippen LogP contribution in [0.25, 0.3) is 10.9 Å². The van der Waals surface area contributed by atoms with E-state index in [2.05, 4.69) is 25.8 Å². The highest BCUT2D eigenvalue weighted by atomic mass is 16.4. The number of carboxylic acid groups (broad SMARTS) is 1. The SMILES string of the molecule is CC(C)(C)c1ccc2[nH]c(=O)c(CC(=O)O)cc2c1. The third-order valence-corrected chi connectivity index (χ3v) is 3.13. The highest BCUT2D eigenvalue weighted by Crippen LogP contribution is 2.25. The summed E-state index contributed by atoms with van der Waals surface area (Å²) in [5, 5.41) is 9.66. The van der Waals surface area contributed by atoms with Crippen molar-refractivity contribution in [2.24, 2.45) is 0 Å². The van der Waals surface area contributed by atoms with Crippen molar-refractivity contribution in [2.75, 3.05) is 0 Å². The first-order valence-corrected chi connectivity index (χ1v) is 6.15. The molecule has 4 heteroatoms. The fourth-order valence-corrected chi connectivity index (χ4v) is 2.01. The van der Waals surface area contributed by atoms with Gasteiger partial charge in [-0.25, -0.2) is 0 Å². The summed E-state index contributed by atoms with van der Waals surface area (Å²) >= 11 is 0. The first-order chi connectivity index (χ1) is 8.77. The van der Waals surface area contributed by atoms with Crippen LogP contribution in [0, 0.1) is 0 Å². The van der Waals surface area contributed by atoms with Crippen LogP contribution in [0.4, 0.5) is 0 Å². The van der Waals surface area contributed by atoms with Gasteiger partial charge in [0.2, 0.25) is 0 Å². The molecular formula is C15H17NO3. The van der Waals surface area contributed by atoms with Crippen molar-refractivity contribution in [2.45, 2.75) is 32.6 Å². The minimum atomic E-state index is -1.00. The molecule has 0 radical (unpaired) electrons. The van der Waals surface area contributed by atoms with Crippen molar-refractivity contribution >= 4 is 16.9 Å². The summed E-state index contributed by atoms with van der Waals surface area (Å²) in [5.74, 6) is -1.00. The lowest BCUT2D eigenvalue weighted by molar-refractivity contribution is -0.136. The molecule has 0 aliphatic rings. The minimum Gasteiger partial charge on any atom is -0.481 e. The summed E-state index contributed by atoms with van der Waals surface area (Å²) in [4.78, 5) is 25.2. The standard InChI is InChI=1S/C15H17NO3/c1-15(2,3)11-4-5-12-9(7-11)6-10(8-13(17)18)14(19)16-12/h4-7H,8H2,1-3H3,(H,16,19)(H,17,18). The quantitative estimate of drug-likeness (QED) is 0.870. The molecule has 0 atom stereocenters. The highest BCUT2D eigenvalue weighted by Gasteiger charge is 2.14. The van der Waals surface area contributed by atoms with Gasteiger partial charge in [-0.3, -0.25) is 9.59 Å². The third kappa shape index (κ3) is 2.84. The number of nitrogens with one attached hydrogen (secondary N) is 1. The van der Waals surface area contributed by atoms with E-state index in [1.54, 1.807) is 6.07 Å².